The van der Waals surface area contributed by atoms with Gasteiger partial charge in [0.15, 0.2) is 5.65 Å². The Kier molecular flexibility index (Phi) is 5.40. The highest BCUT2D eigenvalue weighted by molar-refractivity contribution is 7.97. The summed E-state index contributed by atoms with van der Waals surface area (Å²) in [5.74, 6) is 2.18. The van der Waals surface area contributed by atoms with Gasteiger partial charge in [-0.25, -0.2) is 9.97 Å². The van der Waals surface area contributed by atoms with Crippen molar-refractivity contribution >= 4 is 28.7 Å². The number of benzene rings is 1. The first-order valence-corrected chi connectivity index (χ1v) is 10.3. The molecule has 1 fully saturated rings. The zero-order chi connectivity index (χ0) is 18.6. The summed E-state index contributed by atoms with van der Waals surface area (Å²) in [5, 5.41) is 9.55. The van der Waals surface area contributed by atoms with E-state index in [1.807, 2.05) is 30.3 Å². The van der Waals surface area contributed by atoms with E-state index in [1.54, 1.807) is 11.8 Å². The molecule has 0 aliphatic carbocycles. The molecule has 0 saturated carbocycles. The van der Waals surface area contributed by atoms with E-state index in [9.17, 15) is 9.90 Å². The lowest BCUT2D eigenvalue weighted by atomic mass is 10.2. The topological polar surface area (TPSA) is 82.1 Å². The van der Waals surface area contributed by atoms with E-state index in [4.69, 9.17) is 0 Å². The SMILES string of the molecule is O=c1[nH]c2ccc(N3CCCC3CO)nc2nc1CSCc1ccccc1. The van der Waals surface area contributed by atoms with Crippen LogP contribution in [0.5, 0.6) is 0 Å². The minimum Gasteiger partial charge on any atom is -0.394 e. The number of fused-ring (bicyclic) bond motifs is 1. The van der Waals surface area contributed by atoms with Crippen molar-refractivity contribution in [2.75, 3.05) is 18.1 Å². The smallest absolute Gasteiger partial charge is 0.271 e. The molecule has 7 heteroatoms. The van der Waals surface area contributed by atoms with E-state index in [0.717, 1.165) is 31.0 Å². The largest absolute Gasteiger partial charge is 0.394 e. The van der Waals surface area contributed by atoms with Crippen LogP contribution in [0.3, 0.4) is 0 Å². The van der Waals surface area contributed by atoms with Gasteiger partial charge in [0, 0.05) is 18.1 Å². The average Bonchev–Trinajstić information content (AvgIpc) is 3.18. The molecule has 0 bridgehead atoms. The summed E-state index contributed by atoms with van der Waals surface area (Å²) in [6, 6.07) is 14.0. The summed E-state index contributed by atoms with van der Waals surface area (Å²) < 4.78 is 0. The van der Waals surface area contributed by atoms with Gasteiger partial charge >= 0.3 is 0 Å². The van der Waals surface area contributed by atoms with Gasteiger partial charge in [-0.2, -0.15) is 11.8 Å². The van der Waals surface area contributed by atoms with Gasteiger partial charge in [-0.05, 0) is 30.5 Å². The first-order valence-electron chi connectivity index (χ1n) is 9.14. The second-order valence-corrected chi connectivity index (χ2v) is 7.69. The van der Waals surface area contributed by atoms with Gasteiger partial charge in [-0.3, -0.25) is 4.79 Å². The van der Waals surface area contributed by atoms with Crippen molar-refractivity contribution in [1.82, 2.24) is 15.0 Å². The Bertz CT molecular complexity index is 977. The van der Waals surface area contributed by atoms with E-state index >= 15 is 0 Å². The number of hydrogen-bond donors (Lipinski definition) is 2. The van der Waals surface area contributed by atoms with Crippen LogP contribution in [0.15, 0.2) is 47.3 Å². The van der Waals surface area contributed by atoms with Crippen LogP contribution in [0.25, 0.3) is 11.2 Å². The molecular weight excluding hydrogens is 360 g/mol. The van der Waals surface area contributed by atoms with Gasteiger partial charge in [0.1, 0.15) is 11.5 Å². The van der Waals surface area contributed by atoms with Gasteiger partial charge in [-0.15, -0.1) is 0 Å². The molecule has 1 aliphatic rings. The zero-order valence-electron chi connectivity index (χ0n) is 15.0. The van der Waals surface area contributed by atoms with Crippen molar-refractivity contribution in [2.24, 2.45) is 0 Å². The Morgan fingerprint density at radius 3 is 2.81 bits per heavy atom. The summed E-state index contributed by atoms with van der Waals surface area (Å²) in [6.45, 7) is 1.01. The Morgan fingerprint density at radius 2 is 2.00 bits per heavy atom. The Morgan fingerprint density at radius 1 is 1.15 bits per heavy atom. The Hall–Kier alpha value is -2.38. The molecule has 0 amide bonds. The predicted molar refractivity (Wildman–Crippen MR) is 109 cm³/mol. The zero-order valence-corrected chi connectivity index (χ0v) is 15.8. The van der Waals surface area contributed by atoms with Crippen LogP contribution in [-0.2, 0) is 11.5 Å². The number of anilines is 1. The van der Waals surface area contributed by atoms with Gasteiger partial charge in [0.25, 0.3) is 5.56 Å². The molecule has 4 rings (SSSR count). The molecule has 1 unspecified atom stereocenters. The molecule has 0 radical (unpaired) electrons. The summed E-state index contributed by atoms with van der Waals surface area (Å²) >= 11 is 1.66. The monoisotopic (exact) mass is 382 g/mol. The fourth-order valence-electron chi connectivity index (χ4n) is 3.42. The van der Waals surface area contributed by atoms with E-state index < -0.39 is 0 Å². The summed E-state index contributed by atoms with van der Waals surface area (Å²) in [5.41, 5.74) is 2.75. The number of thioether (sulfide) groups is 1. The third kappa shape index (κ3) is 3.99. The third-order valence-electron chi connectivity index (χ3n) is 4.84. The van der Waals surface area contributed by atoms with E-state index in [2.05, 4.69) is 32.0 Å². The van der Waals surface area contributed by atoms with Crippen molar-refractivity contribution in [3.8, 4) is 0 Å². The molecule has 3 heterocycles. The second kappa shape index (κ2) is 8.10. The number of hydrogen-bond acceptors (Lipinski definition) is 6. The number of aliphatic hydroxyl groups is 1. The molecule has 1 aliphatic heterocycles. The first-order chi connectivity index (χ1) is 13.2. The quantitative estimate of drug-likeness (QED) is 0.682. The highest BCUT2D eigenvalue weighted by Gasteiger charge is 2.25. The molecule has 6 nitrogen and oxygen atoms in total. The first kappa shape index (κ1) is 18.0. The number of nitrogens with one attached hydrogen (secondary N) is 1. The standard InChI is InChI=1S/C20H22N4O2S/c25-11-15-7-4-10-24(15)18-9-8-16-19(23-18)21-17(20(26)22-16)13-27-12-14-5-2-1-3-6-14/h1-3,5-6,8-9,15,25H,4,7,10-13H2,(H,22,26). The maximum absolute atomic E-state index is 12.3. The van der Waals surface area contributed by atoms with Crippen molar-refractivity contribution in [1.29, 1.82) is 0 Å². The van der Waals surface area contributed by atoms with Gasteiger partial charge in [0.05, 0.1) is 18.2 Å². The summed E-state index contributed by atoms with van der Waals surface area (Å²) in [7, 11) is 0. The molecule has 140 valence electrons. The lowest BCUT2D eigenvalue weighted by Gasteiger charge is -2.24. The normalized spacial score (nSPS) is 16.9. The second-order valence-electron chi connectivity index (χ2n) is 6.70. The summed E-state index contributed by atoms with van der Waals surface area (Å²) in [4.78, 5) is 26.5. The number of nitrogens with zero attached hydrogens (tertiary/aromatic N) is 3. The molecule has 1 aromatic carbocycles. The summed E-state index contributed by atoms with van der Waals surface area (Å²) in [6.07, 6.45) is 2.02. The van der Waals surface area contributed by atoms with Crippen molar-refractivity contribution in [3.05, 3.63) is 64.1 Å². The van der Waals surface area contributed by atoms with Crippen molar-refractivity contribution < 1.29 is 5.11 Å². The van der Waals surface area contributed by atoms with Crippen molar-refractivity contribution in [2.45, 2.75) is 30.4 Å². The maximum Gasteiger partial charge on any atom is 0.271 e. The molecule has 2 aromatic heterocycles. The minimum absolute atomic E-state index is 0.110. The number of aromatic amines is 1. The van der Waals surface area contributed by atoms with Crippen LogP contribution in [0.2, 0.25) is 0 Å². The molecule has 1 saturated heterocycles. The van der Waals surface area contributed by atoms with Gasteiger partial charge in [-0.1, -0.05) is 30.3 Å². The highest BCUT2D eigenvalue weighted by atomic mass is 32.2. The number of aliphatic hydroxyl groups excluding tert-OH is 1. The van der Waals surface area contributed by atoms with Gasteiger partial charge in [0.2, 0.25) is 0 Å². The predicted octanol–water partition coefficient (Wildman–Crippen LogP) is 2.71. The van der Waals surface area contributed by atoms with Crippen LogP contribution >= 0.6 is 11.8 Å². The fourth-order valence-corrected chi connectivity index (χ4v) is 4.34. The molecule has 1 atom stereocenters. The lowest BCUT2D eigenvalue weighted by molar-refractivity contribution is 0.266. The van der Waals surface area contributed by atoms with Crippen LogP contribution < -0.4 is 10.5 Å². The van der Waals surface area contributed by atoms with E-state index in [1.165, 1.54) is 5.56 Å². The van der Waals surface area contributed by atoms with E-state index in [0.29, 0.717) is 22.6 Å². The molecule has 3 aromatic rings. The minimum atomic E-state index is -0.160. The number of H-pyrrole nitrogens is 1. The molecule has 2 N–H and O–H groups in total. The van der Waals surface area contributed by atoms with Crippen LogP contribution in [0.4, 0.5) is 5.82 Å². The van der Waals surface area contributed by atoms with Crippen LogP contribution in [0.1, 0.15) is 24.1 Å². The maximum atomic E-state index is 12.3. The number of rotatable bonds is 6. The molecule has 0 spiro atoms. The number of pyridine rings is 1. The third-order valence-corrected chi connectivity index (χ3v) is 5.86. The van der Waals surface area contributed by atoms with Crippen molar-refractivity contribution in [3.63, 3.8) is 0 Å². The average molecular weight is 382 g/mol. The molecular formula is C20H22N4O2S. The molecule has 27 heavy (non-hydrogen) atoms. The highest BCUT2D eigenvalue weighted by Crippen LogP contribution is 2.25. The lowest BCUT2D eigenvalue weighted by Crippen LogP contribution is -2.32. The Labute approximate surface area is 161 Å². The van der Waals surface area contributed by atoms with E-state index in [-0.39, 0.29) is 18.2 Å². The number of aromatic nitrogens is 3. The van der Waals surface area contributed by atoms with Crippen LogP contribution in [0, 0.1) is 0 Å². The van der Waals surface area contributed by atoms with Gasteiger partial charge < -0.3 is 15.0 Å². The fraction of sp³-hybridized carbons (Fsp3) is 0.350. The Balaban J connectivity index is 1.54. The van der Waals surface area contributed by atoms with Crippen LogP contribution in [-0.4, -0.2) is 39.3 Å².